The normalized spacial score (nSPS) is 22.7. The van der Waals surface area contributed by atoms with Gasteiger partial charge in [-0.2, -0.15) is 0 Å². The van der Waals surface area contributed by atoms with Gasteiger partial charge in [0.05, 0.1) is 23.4 Å². The molecule has 148 valence electrons. The van der Waals surface area contributed by atoms with Gasteiger partial charge in [0.15, 0.2) is 0 Å². The Labute approximate surface area is 165 Å². The van der Waals surface area contributed by atoms with Crippen LogP contribution in [0, 0.1) is 5.92 Å². The van der Waals surface area contributed by atoms with Crippen LogP contribution in [0.3, 0.4) is 0 Å². The lowest BCUT2D eigenvalue weighted by Crippen LogP contribution is -2.34. The molecule has 6 nitrogen and oxygen atoms in total. The van der Waals surface area contributed by atoms with Crippen LogP contribution in [0.15, 0.2) is 18.2 Å². The molecule has 3 amide bonds. The number of benzene rings is 1. The number of carbonyl (C=O) groups excluding carboxylic acids is 2. The highest BCUT2D eigenvalue weighted by molar-refractivity contribution is 6.34. The van der Waals surface area contributed by atoms with E-state index in [4.69, 9.17) is 16.3 Å². The quantitative estimate of drug-likeness (QED) is 0.712. The maximum Gasteiger partial charge on any atom is 0.319 e. The molecule has 2 N–H and O–H groups in total. The molecule has 0 aromatic heterocycles. The number of urea groups is 1. The van der Waals surface area contributed by atoms with Crippen LogP contribution in [-0.4, -0.2) is 37.7 Å². The average molecular weight is 394 g/mol. The van der Waals surface area contributed by atoms with Gasteiger partial charge >= 0.3 is 6.03 Å². The van der Waals surface area contributed by atoms with Crippen molar-refractivity contribution in [3.05, 3.63) is 23.2 Å². The zero-order chi connectivity index (χ0) is 19.2. The van der Waals surface area contributed by atoms with E-state index in [1.807, 2.05) is 0 Å². The van der Waals surface area contributed by atoms with E-state index in [9.17, 15) is 9.59 Å². The molecule has 1 heterocycles. The minimum absolute atomic E-state index is 0.0858. The van der Waals surface area contributed by atoms with Gasteiger partial charge in [-0.3, -0.25) is 4.79 Å². The van der Waals surface area contributed by atoms with E-state index in [1.165, 1.54) is 19.3 Å². The Balaban J connectivity index is 1.42. The molecule has 1 saturated heterocycles. The lowest BCUT2D eigenvalue weighted by Gasteiger charge is -2.28. The first-order chi connectivity index (χ1) is 13.0. The summed E-state index contributed by atoms with van der Waals surface area (Å²) in [4.78, 5) is 25.6. The summed E-state index contributed by atoms with van der Waals surface area (Å²) in [5.41, 5.74) is 1.29. The summed E-state index contributed by atoms with van der Waals surface area (Å²) in [5, 5.41) is 6.02. The van der Waals surface area contributed by atoms with Crippen LogP contribution in [0.4, 0.5) is 16.2 Å². The van der Waals surface area contributed by atoms with Crippen LogP contribution < -0.4 is 15.5 Å². The molecule has 2 fully saturated rings. The summed E-state index contributed by atoms with van der Waals surface area (Å²) in [6, 6.07) is 4.90. The molecule has 1 aromatic carbocycles. The number of ether oxygens (including phenoxy) is 1. The van der Waals surface area contributed by atoms with Crippen molar-refractivity contribution in [1.29, 1.82) is 0 Å². The lowest BCUT2D eigenvalue weighted by atomic mass is 9.88. The summed E-state index contributed by atoms with van der Waals surface area (Å²) in [6.45, 7) is 3.89. The van der Waals surface area contributed by atoms with Gasteiger partial charge in [0, 0.05) is 25.2 Å². The highest BCUT2D eigenvalue weighted by Crippen LogP contribution is 2.31. The predicted octanol–water partition coefficient (Wildman–Crippen LogP) is 4.18. The Kier molecular flexibility index (Phi) is 6.96. The fraction of sp³-hybridized carbons (Fsp3) is 0.600. The van der Waals surface area contributed by atoms with Gasteiger partial charge in [-0.25, -0.2) is 4.79 Å². The number of rotatable bonds is 6. The molecule has 1 aliphatic carbocycles. The predicted molar refractivity (Wildman–Crippen MR) is 107 cm³/mol. The van der Waals surface area contributed by atoms with E-state index in [1.54, 1.807) is 23.1 Å². The van der Waals surface area contributed by atoms with Crippen LogP contribution in [0.1, 0.15) is 45.4 Å². The Morgan fingerprint density at radius 3 is 2.81 bits per heavy atom. The summed E-state index contributed by atoms with van der Waals surface area (Å²) in [7, 11) is 0. The third kappa shape index (κ3) is 5.36. The van der Waals surface area contributed by atoms with E-state index in [0.29, 0.717) is 54.5 Å². The summed E-state index contributed by atoms with van der Waals surface area (Å²) >= 11 is 6.30. The molecule has 3 rings (SSSR count). The van der Waals surface area contributed by atoms with Gasteiger partial charge in [-0.1, -0.05) is 31.4 Å². The molecular formula is C20H28ClN3O3. The van der Waals surface area contributed by atoms with Crippen molar-refractivity contribution < 1.29 is 14.3 Å². The summed E-state index contributed by atoms with van der Waals surface area (Å²) in [6.07, 6.45) is 6.55. The third-order valence-corrected chi connectivity index (χ3v) is 5.62. The van der Waals surface area contributed by atoms with Crippen molar-refractivity contribution >= 4 is 34.9 Å². The average Bonchev–Trinajstić information content (AvgIpc) is 3.06. The van der Waals surface area contributed by atoms with Crippen LogP contribution in [0.2, 0.25) is 5.02 Å². The van der Waals surface area contributed by atoms with E-state index in [-0.39, 0.29) is 11.9 Å². The molecule has 1 saturated carbocycles. The minimum Gasteiger partial charge on any atom is -0.376 e. The largest absolute Gasteiger partial charge is 0.376 e. The number of hydrogen-bond donors (Lipinski definition) is 2. The fourth-order valence-corrected chi connectivity index (χ4v) is 4.07. The van der Waals surface area contributed by atoms with Crippen molar-refractivity contribution in [3.63, 3.8) is 0 Å². The third-order valence-electron chi connectivity index (χ3n) is 5.32. The number of halogens is 1. The SMILES string of the molecule is C[C@H]1CCCC[C@@H]1OCCNC(=O)Nc1ccc(N2CCCC2=O)c(Cl)c1. The van der Waals surface area contributed by atoms with E-state index in [0.717, 1.165) is 12.8 Å². The van der Waals surface area contributed by atoms with Crippen LogP contribution in [-0.2, 0) is 9.53 Å². The smallest absolute Gasteiger partial charge is 0.319 e. The molecule has 0 radical (unpaired) electrons. The zero-order valence-corrected chi connectivity index (χ0v) is 16.6. The van der Waals surface area contributed by atoms with Crippen LogP contribution >= 0.6 is 11.6 Å². The maximum absolute atomic E-state index is 12.0. The number of anilines is 2. The number of amides is 3. The second-order valence-corrected chi connectivity index (χ2v) is 7.77. The topological polar surface area (TPSA) is 70.7 Å². The van der Waals surface area contributed by atoms with Gasteiger partial charge in [0.1, 0.15) is 0 Å². The molecule has 1 aliphatic heterocycles. The molecule has 2 aliphatic rings. The Bertz CT molecular complexity index is 682. The second kappa shape index (κ2) is 9.42. The summed E-state index contributed by atoms with van der Waals surface area (Å²) in [5.74, 6) is 0.679. The number of nitrogens with one attached hydrogen (secondary N) is 2. The van der Waals surface area contributed by atoms with Crippen molar-refractivity contribution in [2.45, 2.75) is 51.6 Å². The van der Waals surface area contributed by atoms with Crippen LogP contribution in [0.5, 0.6) is 0 Å². The van der Waals surface area contributed by atoms with E-state index >= 15 is 0 Å². The number of nitrogens with zero attached hydrogens (tertiary/aromatic N) is 1. The second-order valence-electron chi connectivity index (χ2n) is 7.37. The first kappa shape index (κ1) is 20.0. The number of hydrogen-bond acceptors (Lipinski definition) is 3. The Morgan fingerprint density at radius 1 is 1.30 bits per heavy atom. The molecule has 2 atom stereocenters. The van der Waals surface area contributed by atoms with Crippen molar-refractivity contribution in [2.75, 3.05) is 29.9 Å². The Hall–Kier alpha value is -1.79. The van der Waals surface area contributed by atoms with Gasteiger partial charge in [-0.05, 0) is 43.4 Å². The van der Waals surface area contributed by atoms with Crippen molar-refractivity contribution in [3.8, 4) is 0 Å². The fourth-order valence-electron chi connectivity index (χ4n) is 3.79. The van der Waals surface area contributed by atoms with Gasteiger partial charge in [0.25, 0.3) is 0 Å². The van der Waals surface area contributed by atoms with Gasteiger partial charge in [-0.15, -0.1) is 0 Å². The maximum atomic E-state index is 12.0. The van der Waals surface area contributed by atoms with E-state index in [2.05, 4.69) is 17.6 Å². The first-order valence-electron chi connectivity index (χ1n) is 9.81. The highest BCUT2D eigenvalue weighted by Gasteiger charge is 2.24. The molecular weight excluding hydrogens is 366 g/mol. The monoisotopic (exact) mass is 393 g/mol. The minimum atomic E-state index is -0.295. The van der Waals surface area contributed by atoms with Gasteiger partial charge < -0.3 is 20.3 Å². The molecule has 7 heteroatoms. The lowest BCUT2D eigenvalue weighted by molar-refractivity contribution is -0.117. The molecule has 0 bridgehead atoms. The molecule has 0 unspecified atom stereocenters. The van der Waals surface area contributed by atoms with Crippen LogP contribution in [0.25, 0.3) is 0 Å². The zero-order valence-electron chi connectivity index (χ0n) is 15.8. The molecule has 27 heavy (non-hydrogen) atoms. The van der Waals surface area contributed by atoms with Gasteiger partial charge in [0.2, 0.25) is 5.91 Å². The summed E-state index contributed by atoms with van der Waals surface area (Å²) < 4.78 is 5.90. The molecule has 0 spiro atoms. The first-order valence-corrected chi connectivity index (χ1v) is 10.2. The van der Waals surface area contributed by atoms with Crippen molar-refractivity contribution in [1.82, 2.24) is 5.32 Å². The number of carbonyl (C=O) groups is 2. The highest BCUT2D eigenvalue weighted by atomic mass is 35.5. The van der Waals surface area contributed by atoms with Crippen molar-refractivity contribution in [2.24, 2.45) is 5.92 Å². The standard InChI is InChI=1S/C20H28ClN3O3/c1-14-5-2-3-6-18(14)27-12-10-22-20(26)23-15-8-9-17(16(21)13-15)24-11-4-7-19(24)25/h8-9,13-14,18H,2-7,10-12H2,1H3,(H2,22,23,26)/t14-,18-/m0/s1. The van der Waals surface area contributed by atoms with E-state index < -0.39 is 0 Å². The molecule has 1 aromatic rings. The Morgan fingerprint density at radius 2 is 2.11 bits per heavy atom.